The van der Waals surface area contributed by atoms with Gasteiger partial charge in [-0.1, -0.05) is 19.6 Å². The van der Waals surface area contributed by atoms with Crippen molar-refractivity contribution in [1.29, 1.82) is 0 Å². The minimum absolute atomic E-state index is 0.361. The number of hydrogen-bond acceptors (Lipinski definition) is 3. The molecule has 1 amide bonds. The Hall–Kier alpha value is -1.45. The van der Waals surface area contributed by atoms with Gasteiger partial charge in [0.15, 0.2) is 0 Å². The van der Waals surface area contributed by atoms with E-state index in [0.717, 1.165) is 25.1 Å². The van der Waals surface area contributed by atoms with Crippen molar-refractivity contribution in [2.75, 3.05) is 13.1 Å². The standard InChI is InChI=1S/C14H26N2O2/c1-6-9-12(7-2)15-10-8-11-16-13(17)18-14(3,4)5/h6,9,15H,1,7-8,10-11H2,2-5H3,(H,16,17)/b12-9+. The van der Waals surface area contributed by atoms with Crippen LogP contribution in [0.3, 0.4) is 0 Å². The van der Waals surface area contributed by atoms with Crippen LogP contribution in [0.4, 0.5) is 4.79 Å². The molecule has 4 nitrogen and oxygen atoms in total. The summed E-state index contributed by atoms with van der Waals surface area (Å²) in [6, 6.07) is 0. The molecule has 0 heterocycles. The lowest BCUT2D eigenvalue weighted by Crippen LogP contribution is -2.33. The van der Waals surface area contributed by atoms with E-state index in [0.29, 0.717) is 6.54 Å². The molecule has 0 aromatic heterocycles. The van der Waals surface area contributed by atoms with Gasteiger partial charge in [0.1, 0.15) is 5.60 Å². The third-order valence-corrected chi connectivity index (χ3v) is 2.07. The smallest absolute Gasteiger partial charge is 0.407 e. The monoisotopic (exact) mass is 254 g/mol. The molecule has 0 spiro atoms. The van der Waals surface area contributed by atoms with Gasteiger partial charge < -0.3 is 15.4 Å². The zero-order chi connectivity index (χ0) is 14.0. The van der Waals surface area contributed by atoms with Gasteiger partial charge in [0.2, 0.25) is 0 Å². The Labute approximate surface area is 110 Å². The van der Waals surface area contributed by atoms with Crippen molar-refractivity contribution < 1.29 is 9.53 Å². The SMILES string of the molecule is C=C/C=C(\CC)NCCCNC(=O)OC(C)(C)C. The maximum atomic E-state index is 11.3. The van der Waals surface area contributed by atoms with E-state index in [9.17, 15) is 4.79 Å². The lowest BCUT2D eigenvalue weighted by Gasteiger charge is -2.19. The first-order valence-electron chi connectivity index (χ1n) is 6.41. The summed E-state index contributed by atoms with van der Waals surface area (Å²) in [7, 11) is 0. The molecule has 0 radical (unpaired) electrons. The fourth-order valence-corrected chi connectivity index (χ4v) is 1.29. The van der Waals surface area contributed by atoms with Gasteiger partial charge in [-0.05, 0) is 39.7 Å². The largest absolute Gasteiger partial charge is 0.444 e. The number of carbonyl (C=O) groups excluding carboxylic acids is 1. The van der Waals surface area contributed by atoms with E-state index in [1.165, 1.54) is 0 Å². The summed E-state index contributed by atoms with van der Waals surface area (Å²) in [6.07, 6.45) is 5.17. The predicted molar refractivity (Wildman–Crippen MR) is 75.4 cm³/mol. The zero-order valence-corrected chi connectivity index (χ0v) is 12.0. The fourth-order valence-electron chi connectivity index (χ4n) is 1.29. The van der Waals surface area contributed by atoms with Crippen molar-refractivity contribution in [3.63, 3.8) is 0 Å². The predicted octanol–water partition coefficient (Wildman–Crippen LogP) is 2.97. The number of rotatable bonds is 7. The van der Waals surface area contributed by atoms with Gasteiger partial charge >= 0.3 is 6.09 Å². The van der Waals surface area contributed by atoms with E-state index in [1.807, 2.05) is 26.8 Å². The number of ether oxygens (including phenoxy) is 1. The molecule has 18 heavy (non-hydrogen) atoms. The van der Waals surface area contributed by atoms with Gasteiger partial charge in [0, 0.05) is 18.8 Å². The van der Waals surface area contributed by atoms with Crippen molar-refractivity contribution in [2.45, 2.75) is 46.1 Å². The normalized spacial score (nSPS) is 11.9. The highest BCUT2D eigenvalue weighted by Gasteiger charge is 2.15. The summed E-state index contributed by atoms with van der Waals surface area (Å²) in [5.41, 5.74) is 0.715. The minimum atomic E-state index is -0.440. The minimum Gasteiger partial charge on any atom is -0.444 e. The molecule has 0 bridgehead atoms. The van der Waals surface area contributed by atoms with Crippen LogP contribution in [0, 0.1) is 0 Å². The Kier molecular flexibility index (Phi) is 7.92. The first kappa shape index (κ1) is 16.6. The molecule has 0 atom stereocenters. The van der Waals surface area contributed by atoms with Gasteiger partial charge in [-0.2, -0.15) is 0 Å². The topological polar surface area (TPSA) is 50.4 Å². The molecular formula is C14H26N2O2. The second kappa shape index (κ2) is 8.61. The molecule has 0 aliphatic carbocycles. The molecule has 0 aliphatic rings. The Morgan fingerprint density at radius 2 is 1.89 bits per heavy atom. The molecule has 0 aliphatic heterocycles. The van der Waals surface area contributed by atoms with Gasteiger partial charge in [-0.15, -0.1) is 0 Å². The van der Waals surface area contributed by atoms with Crippen LogP contribution in [0.25, 0.3) is 0 Å². The fraction of sp³-hybridized carbons (Fsp3) is 0.643. The summed E-state index contributed by atoms with van der Waals surface area (Å²) in [5.74, 6) is 0. The van der Waals surface area contributed by atoms with E-state index in [-0.39, 0.29) is 6.09 Å². The number of nitrogens with one attached hydrogen (secondary N) is 2. The van der Waals surface area contributed by atoms with Crippen LogP contribution in [0.5, 0.6) is 0 Å². The number of hydrogen-bond donors (Lipinski definition) is 2. The van der Waals surface area contributed by atoms with Crippen LogP contribution in [0.2, 0.25) is 0 Å². The number of allylic oxidation sites excluding steroid dienone is 3. The van der Waals surface area contributed by atoms with E-state index in [2.05, 4.69) is 24.1 Å². The lowest BCUT2D eigenvalue weighted by atomic mass is 10.2. The van der Waals surface area contributed by atoms with Crippen molar-refractivity contribution in [1.82, 2.24) is 10.6 Å². The number of carbonyl (C=O) groups is 1. The first-order valence-corrected chi connectivity index (χ1v) is 6.41. The van der Waals surface area contributed by atoms with Gasteiger partial charge in [-0.3, -0.25) is 0 Å². The Morgan fingerprint density at radius 1 is 1.28 bits per heavy atom. The second-order valence-electron chi connectivity index (χ2n) is 4.99. The average Bonchev–Trinajstić information content (AvgIpc) is 2.24. The maximum Gasteiger partial charge on any atom is 0.407 e. The quantitative estimate of drug-likeness (QED) is 0.542. The van der Waals surface area contributed by atoms with Crippen LogP contribution < -0.4 is 10.6 Å². The molecule has 0 aromatic rings. The van der Waals surface area contributed by atoms with E-state index >= 15 is 0 Å². The van der Waals surface area contributed by atoms with Gasteiger partial charge in [0.25, 0.3) is 0 Å². The summed E-state index contributed by atoms with van der Waals surface area (Å²) < 4.78 is 5.13. The molecule has 0 fully saturated rings. The van der Waals surface area contributed by atoms with Crippen molar-refractivity contribution >= 4 is 6.09 Å². The summed E-state index contributed by atoms with van der Waals surface area (Å²) in [4.78, 5) is 11.3. The molecule has 0 aromatic carbocycles. The van der Waals surface area contributed by atoms with E-state index < -0.39 is 5.60 Å². The van der Waals surface area contributed by atoms with Gasteiger partial charge in [0.05, 0.1) is 0 Å². The molecule has 4 heteroatoms. The van der Waals surface area contributed by atoms with Gasteiger partial charge in [-0.25, -0.2) is 4.79 Å². The average molecular weight is 254 g/mol. The molecule has 0 saturated heterocycles. The summed E-state index contributed by atoms with van der Waals surface area (Å²) in [6.45, 7) is 12.7. The third-order valence-electron chi connectivity index (χ3n) is 2.07. The van der Waals surface area contributed by atoms with Crippen LogP contribution in [-0.2, 0) is 4.74 Å². The molecule has 0 saturated carbocycles. The molecular weight excluding hydrogens is 228 g/mol. The summed E-state index contributed by atoms with van der Waals surface area (Å²) in [5, 5.41) is 6.01. The van der Waals surface area contributed by atoms with Crippen LogP contribution in [0.1, 0.15) is 40.5 Å². The third kappa shape index (κ3) is 9.75. The molecule has 104 valence electrons. The second-order valence-corrected chi connectivity index (χ2v) is 4.99. The summed E-state index contributed by atoms with van der Waals surface area (Å²) >= 11 is 0. The Balaban J connectivity index is 3.65. The van der Waals surface area contributed by atoms with E-state index in [1.54, 1.807) is 6.08 Å². The Bertz CT molecular complexity index is 291. The van der Waals surface area contributed by atoms with Crippen molar-refractivity contribution in [3.05, 3.63) is 24.4 Å². The maximum absolute atomic E-state index is 11.3. The highest BCUT2D eigenvalue weighted by Crippen LogP contribution is 2.06. The first-order chi connectivity index (χ1) is 8.39. The van der Waals surface area contributed by atoms with E-state index in [4.69, 9.17) is 4.74 Å². The zero-order valence-electron chi connectivity index (χ0n) is 12.0. The lowest BCUT2D eigenvalue weighted by molar-refractivity contribution is 0.0527. The van der Waals surface area contributed by atoms with Crippen LogP contribution >= 0.6 is 0 Å². The molecule has 2 N–H and O–H groups in total. The number of amides is 1. The highest BCUT2D eigenvalue weighted by molar-refractivity contribution is 5.67. The highest BCUT2D eigenvalue weighted by atomic mass is 16.6. The molecule has 0 rings (SSSR count). The Morgan fingerprint density at radius 3 is 2.39 bits per heavy atom. The van der Waals surface area contributed by atoms with Crippen molar-refractivity contribution in [2.24, 2.45) is 0 Å². The number of alkyl carbamates (subject to hydrolysis) is 1. The van der Waals surface area contributed by atoms with Crippen LogP contribution in [-0.4, -0.2) is 24.8 Å². The van der Waals surface area contributed by atoms with Crippen LogP contribution in [0.15, 0.2) is 24.4 Å². The molecule has 0 unspecified atom stereocenters. The van der Waals surface area contributed by atoms with Crippen molar-refractivity contribution in [3.8, 4) is 0 Å².